The highest BCUT2D eigenvalue weighted by Crippen LogP contribution is 2.04. The van der Waals surface area contributed by atoms with Crippen LogP contribution in [0.1, 0.15) is 6.42 Å². The van der Waals surface area contributed by atoms with Crippen LogP contribution >= 0.6 is 0 Å². The lowest BCUT2D eigenvalue weighted by molar-refractivity contribution is 0.190. The number of hydrogen-bond acceptors (Lipinski definition) is 4. The molecule has 0 radical (unpaired) electrons. The lowest BCUT2D eigenvalue weighted by Crippen LogP contribution is -2.22. The molecule has 0 aromatic carbocycles. The van der Waals surface area contributed by atoms with Crippen molar-refractivity contribution in [1.82, 2.24) is 14.5 Å². The summed E-state index contributed by atoms with van der Waals surface area (Å²) in [4.78, 5) is 6.43. The van der Waals surface area contributed by atoms with Crippen LogP contribution in [-0.4, -0.2) is 55.4 Å². The van der Waals surface area contributed by atoms with E-state index in [2.05, 4.69) is 33.9 Å². The number of aryl methyl sites for hydroxylation is 1. The summed E-state index contributed by atoms with van der Waals surface area (Å²) in [5.41, 5.74) is 0. The van der Waals surface area contributed by atoms with Gasteiger partial charge in [0.2, 0.25) is 5.95 Å². The molecule has 0 saturated carbocycles. The maximum Gasteiger partial charge on any atom is 0.202 e. The Kier molecular flexibility index (Phi) is 5.88. The quantitative estimate of drug-likeness (QED) is 0.669. The summed E-state index contributed by atoms with van der Waals surface area (Å²) in [6, 6.07) is 0. The summed E-state index contributed by atoms with van der Waals surface area (Å²) in [7, 11) is 5.85. The molecule has 0 aliphatic heterocycles. The van der Waals surface area contributed by atoms with Gasteiger partial charge >= 0.3 is 0 Å². The van der Waals surface area contributed by atoms with E-state index in [-0.39, 0.29) is 0 Å². The normalized spacial score (nSPS) is 11.0. The van der Waals surface area contributed by atoms with Gasteiger partial charge in [-0.05, 0) is 20.5 Å². The maximum atomic E-state index is 5.03. The smallest absolute Gasteiger partial charge is 0.202 e. The van der Waals surface area contributed by atoms with E-state index in [1.54, 1.807) is 7.11 Å². The van der Waals surface area contributed by atoms with Gasteiger partial charge in [0, 0.05) is 45.7 Å². The number of nitrogens with zero attached hydrogens (tertiary/aromatic N) is 3. The number of rotatable bonds is 8. The number of nitrogens with one attached hydrogen (secondary N) is 1. The van der Waals surface area contributed by atoms with Crippen LogP contribution in [0.2, 0.25) is 0 Å². The fourth-order valence-electron chi connectivity index (χ4n) is 1.43. The van der Waals surface area contributed by atoms with E-state index in [1.165, 1.54) is 0 Å². The Morgan fingerprint density at radius 3 is 3.00 bits per heavy atom. The van der Waals surface area contributed by atoms with Gasteiger partial charge in [-0.15, -0.1) is 0 Å². The Balaban J connectivity index is 2.32. The number of methoxy groups -OCH3 is 1. The van der Waals surface area contributed by atoms with E-state index in [9.17, 15) is 0 Å². The molecule has 1 rings (SSSR count). The van der Waals surface area contributed by atoms with Gasteiger partial charge in [0.15, 0.2) is 0 Å². The summed E-state index contributed by atoms with van der Waals surface area (Å²) in [5, 5.41) is 3.32. The summed E-state index contributed by atoms with van der Waals surface area (Å²) >= 11 is 0. The van der Waals surface area contributed by atoms with Gasteiger partial charge in [0.1, 0.15) is 0 Å². The summed E-state index contributed by atoms with van der Waals surface area (Å²) in [6.45, 7) is 3.65. The molecule has 0 amide bonds. The van der Waals surface area contributed by atoms with Crippen LogP contribution in [0.25, 0.3) is 0 Å². The molecule has 1 aromatic heterocycles. The van der Waals surface area contributed by atoms with Crippen molar-refractivity contribution in [2.45, 2.75) is 13.0 Å². The standard InChI is InChI=1S/C11H22N4O/c1-14(2)8-5-12-11-13-6-9-15(11)7-4-10-16-3/h6,9H,4-5,7-8,10H2,1-3H3,(H,12,13). The molecule has 0 spiro atoms. The molecule has 92 valence electrons. The van der Waals surface area contributed by atoms with E-state index in [0.717, 1.165) is 38.6 Å². The first-order valence-corrected chi connectivity index (χ1v) is 5.62. The first-order valence-electron chi connectivity index (χ1n) is 5.62. The van der Waals surface area contributed by atoms with Gasteiger partial charge in [-0.3, -0.25) is 0 Å². The minimum atomic E-state index is 0.787. The molecule has 1 aromatic rings. The van der Waals surface area contributed by atoms with Crippen molar-refractivity contribution < 1.29 is 4.74 Å². The second-order valence-electron chi connectivity index (χ2n) is 4.02. The highest BCUT2D eigenvalue weighted by molar-refractivity contribution is 5.25. The van der Waals surface area contributed by atoms with Gasteiger partial charge in [-0.25, -0.2) is 4.98 Å². The average molecular weight is 226 g/mol. The topological polar surface area (TPSA) is 42.3 Å². The Labute approximate surface area is 97.4 Å². The predicted molar refractivity (Wildman–Crippen MR) is 65.8 cm³/mol. The van der Waals surface area contributed by atoms with Crippen molar-refractivity contribution in [2.75, 3.05) is 46.2 Å². The molecule has 0 aliphatic carbocycles. The number of imidazole rings is 1. The molecule has 0 aliphatic rings. The van der Waals surface area contributed by atoms with E-state index in [0.29, 0.717) is 0 Å². The summed E-state index contributed by atoms with van der Waals surface area (Å²) < 4.78 is 7.15. The van der Waals surface area contributed by atoms with Gasteiger partial charge in [0.25, 0.3) is 0 Å². The molecule has 0 bridgehead atoms. The molecule has 1 heterocycles. The third-order valence-electron chi connectivity index (χ3n) is 2.31. The van der Waals surface area contributed by atoms with Crippen LogP contribution in [0.15, 0.2) is 12.4 Å². The maximum absolute atomic E-state index is 5.03. The van der Waals surface area contributed by atoms with Crippen LogP contribution < -0.4 is 5.32 Å². The first kappa shape index (κ1) is 13.0. The molecule has 0 unspecified atom stereocenters. The number of aromatic nitrogens is 2. The van der Waals surface area contributed by atoms with Crippen LogP contribution in [0, 0.1) is 0 Å². The van der Waals surface area contributed by atoms with Gasteiger partial charge in [-0.2, -0.15) is 0 Å². The lowest BCUT2D eigenvalue weighted by Gasteiger charge is -2.12. The number of anilines is 1. The number of hydrogen-bond donors (Lipinski definition) is 1. The lowest BCUT2D eigenvalue weighted by atomic mass is 10.4. The monoisotopic (exact) mass is 226 g/mol. The summed E-state index contributed by atoms with van der Waals surface area (Å²) in [6.07, 6.45) is 4.83. The molecule has 0 saturated heterocycles. The molecule has 5 nitrogen and oxygen atoms in total. The first-order chi connectivity index (χ1) is 7.74. The van der Waals surface area contributed by atoms with Crippen molar-refractivity contribution in [3.8, 4) is 0 Å². The highest BCUT2D eigenvalue weighted by Gasteiger charge is 2.01. The van der Waals surface area contributed by atoms with Crippen molar-refractivity contribution in [3.63, 3.8) is 0 Å². The SMILES string of the molecule is COCCCn1ccnc1NCCN(C)C. The van der Waals surface area contributed by atoms with Crippen LogP contribution in [-0.2, 0) is 11.3 Å². The Morgan fingerprint density at radius 1 is 1.50 bits per heavy atom. The molecular weight excluding hydrogens is 204 g/mol. The number of ether oxygens (including phenoxy) is 1. The van der Waals surface area contributed by atoms with E-state index < -0.39 is 0 Å². The second kappa shape index (κ2) is 7.24. The Bertz CT molecular complexity index is 285. The molecule has 16 heavy (non-hydrogen) atoms. The van der Waals surface area contributed by atoms with Crippen LogP contribution in [0.5, 0.6) is 0 Å². The zero-order valence-electron chi connectivity index (χ0n) is 10.4. The fourth-order valence-corrected chi connectivity index (χ4v) is 1.43. The van der Waals surface area contributed by atoms with Crippen LogP contribution in [0.4, 0.5) is 5.95 Å². The molecule has 1 N–H and O–H groups in total. The minimum Gasteiger partial charge on any atom is -0.385 e. The second-order valence-corrected chi connectivity index (χ2v) is 4.02. The highest BCUT2D eigenvalue weighted by atomic mass is 16.5. The van der Waals surface area contributed by atoms with E-state index >= 15 is 0 Å². The van der Waals surface area contributed by atoms with Gasteiger partial charge in [-0.1, -0.05) is 0 Å². The van der Waals surface area contributed by atoms with Crippen molar-refractivity contribution >= 4 is 5.95 Å². The van der Waals surface area contributed by atoms with Crippen LogP contribution in [0.3, 0.4) is 0 Å². The van der Waals surface area contributed by atoms with E-state index in [4.69, 9.17) is 4.74 Å². The van der Waals surface area contributed by atoms with Crippen molar-refractivity contribution in [2.24, 2.45) is 0 Å². The zero-order chi connectivity index (χ0) is 11.8. The fraction of sp³-hybridized carbons (Fsp3) is 0.727. The van der Waals surface area contributed by atoms with Gasteiger partial charge < -0.3 is 19.5 Å². The van der Waals surface area contributed by atoms with Gasteiger partial charge in [0.05, 0.1) is 0 Å². The predicted octanol–water partition coefficient (Wildman–Crippen LogP) is 0.893. The van der Waals surface area contributed by atoms with Crippen molar-refractivity contribution in [3.05, 3.63) is 12.4 Å². The number of likely N-dealkylation sites (N-methyl/N-ethyl adjacent to an activating group) is 1. The third kappa shape index (κ3) is 4.63. The largest absolute Gasteiger partial charge is 0.385 e. The van der Waals surface area contributed by atoms with Crippen molar-refractivity contribution in [1.29, 1.82) is 0 Å². The average Bonchev–Trinajstić information content (AvgIpc) is 2.66. The Hall–Kier alpha value is -1.07. The molecule has 5 heteroatoms. The Morgan fingerprint density at radius 2 is 2.31 bits per heavy atom. The minimum absolute atomic E-state index is 0.787. The molecule has 0 fully saturated rings. The van der Waals surface area contributed by atoms with E-state index in [1.807, 2.05) is 12.4 Å². The third-order valence-corrected chi connectivity index (χ3v) is 2.31. The molecular formula is C11H22N4O. The molecule has 0 atom stereocenters. The summed E-state index contributed by atoms with van der Waals surface area (Å²) in [5.74, 6) is 0.943. The zero-order valence-corrected chi connectivity index (χ0v) is 10.4.